The zero-order valence-corrected chi connectivity index (χ0v) is 26.9. The lowest BCUT2D eigenvalue weighted by Crippen LogP contribution is -2.59. The lowest BCUT2D eigenvalue weighted by molar-refractivity contribution is -0.138. The maximum absolute atomic E-state index is 14.3. The van der Waals surface area contributed by atoms with Gasteiger partial charge in [-0.15, -0.1) is 0 Å². The largest absolute Gasteiger partial charge is 0.493 e. The van der Waals surface area contributed by atoms with Gasteiger partial charge in [0.15, 0.2) is 11.6 Å². The summed E-state index contributed by atoms with van der Waals surface area (Å²) in [5, 5.41) is 14.1. The van der Waals surface area contributed by atoms with E-state index in [2.05, 4.69) is 15.5 Å². The molecule has 2 aromatic rings. The van der Waals surface area contributed by atoms with Crippen molar-refractivity contribution in [1.29, 1.82) is 0 Å². The first-order valence-electron chi connectivity index (χ1n) is 15.9. The second kappa shape index (κ2) is 15.6. The molecule has 0 spiro atoms. The van der Waals surface area contributed by atoms with E-state index in [1.54, 1.807) is 0 Å². The minimum atomic E-state index is -1.39. The Hall–Kier alpha value is -4.56. The van der Waals surface area contributed by atoms with Crippen molar-refractivity contribution in [3.63, 3.8) is 0 Å². The fraction of sp³-hybridized carbons (Fsp3) is 0.471. The molecule has 1 saturated heterocycles. The van der Waals surface area contributed by atoms with Gasteiger partial charge in [-0.1, -0.05) is 18.2 Å². The van der Waals surface area contributed by atoms with E-state index in [-0.39, 0.29) is 48.9 Å². The van der Waals surface area contributed by atoms with Crippen molar-refractivity contribution in [2.24, 2.45) is 5.92 Å². The number of nitrogens with one attached hydrogen (secondary N) is 2. The number of imide groups is 1. The number of rotatable bonds is 12. The van der Waals surface area contributed by atoms with E-state index < -0.39 is 41.7 Å². The van der Waals surface area contributed by atoms with Crippen LogP contribution >= 0.6 is 0 Å². The number of aliphatic carboxylic acids is 1. The van der Waals surface area contributed by atoms with E-state index in [9.17, 15) is 28.0 Å². The number of urea groups is 2. The number of nitrogens with zero attached hydrogens (tertiary/aromatic N) is 2. The van der Waals surface area contributed by atoms with Gasteiger partial charge < -0.3 is 30.0 Å². The Morgan fingerprint density at radius 3 is 2.29 bits per heavy atom. The fourth-order valence-electron chi connectivity index (χ4n) is 6.70. The Labute approximate surface area is 277 Å². The predicted molar refractivity (Wildman–Crippen MR) is 168 cm³/mol. The van der Waals surface area contributed by atoms with Gasteiger partial charge >= 0.3 is 24.0 Å². The number of hydrogen-bond acceptors (Lipinski definition) is 8. The molecule has 14 heteroatoms. The second-order valence-electron chi connectivity index (χ2n) is 12.3. The van der Waals surface area contributed by atoms with Crippen LogP contribution in [0.25, 0.3) is 0 Å². The van der Waals surface area contributed by atoms with Gasteiger partial charge in [0.1, 0.15) is 11.8 Å². The molecular weight excluding hydrogens is 630 g/mol. The Morgan fingerprint density at radius 1 is 0.979 bits per heavy atom. The van der Waals surface area contributed by atoms with Crippen LogP contribution in [-0.4, -0.2) is 92.0 Å². The average molecular weight is 671 g/mol. The van der Waals surface area contributed by atoms with Crippen LogP contribution in [0.1, 0.15) is 55.2 Å². The zero-order chi connectivity index (χ0) is 34.4. The molecule has 1 atom stereocenters. The molecule has 1 saturated carbocycles. The van der Waals surface area contributed by atoms with Crippen molar-refractivity contribution in [2.45, 2.75) is 50.1 Å². The van der Waals surface area contributed by atoms with E-state index in [0.717, 1.165) is 62.9 Å². The average Bonchev–Trinajstić information content (AvgIpc) is 3.05. The third kappa shape index (κ3) is 7.93. The summed E-state index contributed by atoms with van der Waals surface area (Å²) in [6.07, 6.45) is 4.11. The van der Waals surface area contributed by atoms with Crippen LogP contribution in [-0.2, 0) is 19.1 Å². The highest BCUT2D eigenvalue weighted by molar-refractivity contribution is 6.01. The normalized spacial score (nSPS) is 21.7. The molecule has 2 aromatic carbocycles. The van der Waals surface area contributed by atoms with E-state index in [0.29, 0.717) is 17.7 Å². The third-order valence-corrected chi connectivity index (χ3v) is 9.18. The first-order valence-corrected chi connectivity index (χ1v) is 15.9. The molecule has 4 amide bonds. The number of amides is 4. The summed E-state index contributed by atoms with van der Waals surface area (Å²) >= 11 is 0. The van der Waals surface area contributed by atoms with Crippen molar-refractivity contribution in [2.75, 3.05) is 47.1 Å². The number of halogens is 2. The SMILES string of the molecule is COCC1=C(C(=O)OC)[C@H](c2ccc(F)c(F)c2)N(C(=O)NCC2CN(C3CCC(c4ccc(OCCC(=O)O)cc4)CC3)C2)C(=O)N1. The first-order chi connectivity index (χ1) is 23.1. The number of carbonyl (C=O) groups is 4. The topological polar surface area (TPSA) is 147 Å². The summed E-state index contributed by atoms with van der Waals surface area (Å²) in [4.78, 5) is 53.5. The number of esters is 1. The summed E-state index contributed by atoms with van der Waals surface area (Å²) in [5.74, 6) is -2.82. The highest BCUT2D eigenvalue weighted by Crippen LogP contribution is 2.38. The predicted octanol–water partition coefficient (Wildman–Crippen LogP) is 4.33. The minimum absolute atomic E-state index is 0.0124. The molecule has 3 aliphatic rings. The summed E-state index contributed by atoms with van der Waals surface area (Å²) in [5.41, 5.74) is 1.17. The number of ether oxygens (including phenoxy) is 3. The highest BCUT2D eigenvalue weighted by atomic mass is 19.2. The molecule has 2 heterocycles. The van der Waals surface area contributed by atoms with E-state index in [4.69, 9.17) is 19.3 Å². The molecule has 12 nitrogen and oxygen atoms in total. The van der Waals surface area contributed by atoms with Crippen molar-refractivity contribution >= 4 is 24.0 Å². The Kier molecular flexibility index (Phi) is 11.3. The first kappa shape index (κ1) is 34.8. The highest BCUT2D eigenvalue weighted by Gasteiger charge is 2.44. The molecule has 2 aliphatic heterocycles. The second-order valence-corrected chi connectivity index (χ2v) is 12.3. The summed E-state index contributed by atoms with van der Waals surface area (Å²) < 4.78 is 43.7. The quantitative estimate of drug-likeness (QED) is 0.281. The van der Waals surface area contributed by atoms with Gasteiger partial charge in [0.25, 0.3) is 0 Å². The molecule has 1 aliphatic carbocycles. The van der Waals surface area contributed by atoms with Crippen molar-refractivity contribution < 1.29 is 47.3 Å². The molecule has 0 bridgehead atoms. The van der Waals surface area contributed by atoms with Gasteiger partial charge in [-0.05, 0) is 67.0 Å². The monoisotopic (exact) mass is 670 g/mol. The number of benzene rings is 2. The molecule has 48 heavy (non-hydrogen) atoms. The maximum Gasteiger partial charge on any atom is 0.338 e. The smallest absolute Gasteiger partial charge is 0.338 e. The van der Waals surface area contributed by atoms with Crippen LogP contribution in [0.4, 0.5) is 18.4 Å². The fourth-order valence-corrected chi connectivity index (χ4v) is 6.70. The molecule has 5 rings (SSSR count). The molecule has 3 N–H and O–H groups in total. The van der Waals surface area contributed by atoms with Gasteiger partial charge in [0.05, 0.1) is 38.0 Å². The lowest BCUT2D eigenvalue weighted by atomic mass is 9.80. The zero-order valence-electron chi connectivity index (χ0n) is 26.9. The number of hydrogen-bond donors (Lipinski definition) is 3. The van der Waals surface area contributed by atoms with Gasteiger partial charge in [0, 0.05) is 38.7 Å². The van der Waals surface area contributed by atoms with E-state index in [1.165, 1.54) is 18.7 Å². The van der Waals surface area contributed by atoms with E-state index in [1.807, 2.05) is 24.3 Å². The van der Waals surface area contributed by atoms with Gasteiger partial charge in [-0.3, -0.25) is 9.69 Å². The molecule has 2 fully saturated rings. The number of likely N-dealkylation sites (tertiary alicyclic amines) is 1. The number of carbonyl (C=O) groups excluding carboxylic acids is 3. The Morgan fingerprint density at radius 2 is 1.67 bits per heavy atom. The minimum Gasteiger partial charge on any atom is -0.493 e. The molecular formula is C34H40F2N4O8. The van der Waals surface area contributed by atoms with Crippen LogP contribution in [0.2, 0.25) is 0 Å². The molecule has 0 radical (unpaired) electrons. The molecule has 258 valence electrons. The lowest BCUT2D eigenvalue weighted by Gasteiger charge is -2.47. The standard InChI is InChI=1S/C34H40F2N4O8/c1-46-19-28-30(32(43)47-2)31(23-7-12-26(35)27(36)15-23)40(34(45)38-28)33(44)37-16-20-17-39(18-20)24-8-3-21(4-9-24)22-5-10-25(11-6-22)48-14-13-29(41)42/h5-7,10-12,15,20-21,24,31H,3-4,8-9,13-14,16-19H2,1-2H3,(H,37,44)(H,38,45)(H,41,42)/t21?,24?,31-/m0/s1. The van der Waals surface area contributed by atoms with Crippen molar-refractivity contribution in [3.8, 4) is 5.75 Å². The number of methoxy groups -OCH3 is 2. The van der Waals surface area contributed by atoms with Crippen LogP contribution in [0.15, 0.2) is 53.7 Å². The van der Waals surface area contributed by atoms with Crippen LogP contribution in [0, 0.1) is 17.6 Å². The van der Waals surface area contributed by atoms with Crippen LogP contribution in [0.5, 0.6) is 5.75 Å². The third-order valence-electron chi connectivity index (χ3n) is 9.18. The van der Waals surface area contributed by atoms with E-state index >= 15 is 0 Å². The molecule has 0 unspecified atom stereocenters. The van der Waals surface area contributed by atoms with Crippen molar-refractivity contribution in [1.82, 2.24) is 20.4 Å². The van der Waals surface area contributed by atoms with Crippen LogP contribution in [0.3, 0.4) is 0 Å². The van der Waals surface area contributed by atoms with Gasteiger partial charge in [-0.2, -0.15) is 0 Å². The van der Waals surface area contributed by atoms with Crippen molar-refractivity contribution in [3.05, 3.63) is 76.5 Å². The summed E-state index contributed by atoms with van der Waals surface area (Å²) in [7, 11) is 2.50. The van der Waals surface area contributed by atoms with Gasteiger partial charge in [-0.25, -0.2) is 28.1 Å². The van der Waals surface area contributed by atoms with Gasteiger partial charge in [0.2, 0.25) is 0 Å². The molecule has 0 aromatic heterocycles. The maximum atomic E-state index is 14.3. The number of carboxylic acids is 1. The van der Waals surface area contributed by atoms with Crippen LogP contribution < -0.4 is 15.4 Å². The number of carboxylic acid groups (broad SMARTS) is 1. The Bertz CT molecular complexity index is 1540. The Balaban J connectivity index is 1.15. The summed E-state index contributed by atoms with van der Waals surface area (Å²) in [6.45, 7) is 1.78. The summed E-state index contributed by atoms with van der Waals surface area (Å²) in [6, 6.07) is 8.19.